The summed E-state index contributed by atoms with van der Waals surface area (Å²) < 4.78 is 11.0. The molecular formula is C16H21NO3S. The number of nitrogens with zero attached hydrogens (tertiary/aromatic N) is 1. The largest absolute Gasteiger partial charge is 0.497 e. The van der Waals surface area contributed by atoms with E-state index >= 15 is 0 Å². The van der Waals surface area contributed by atoms with Crippen molar-refractivity contribution in [2.24, 2.45) is 0 Å². The fourth-order valence-electron chi connectivity index (χ4n) is 2.01. The molecule has 0 aliphatic carbocycles. The third kappa shape index (κ3) is 4.19. The average molecular weight is 307 g/mol. The standard InChI is InChI=1S/C16H21NO3S/c1-4-5-16-17-12(10-21-16)9-20-15-8-13(19-3)6-7-14(15)11(2)18/h6-8,10-11,18H,4-5,9H2,1-3H3/t11-/m0/s1. The Morgan fingerprint density at radius 3 is 2.86 bits per heavy atom. The van der Waals surface area contributed by atoms with Crippen molar-refractivity contribution in [3.8, 4) is 11.5 Å². The number of ether oxygens (including phenoxy) is 2. The molecule has 114 valence electrons. The minimum Gasteiger partial charge on any atom is -0.497 e. The summed E-state index contributed by atoms with van der Waals surface area (Å²) in [6.07, 6.45) is 1.51. The van der Waals surface area contributed by atoms with Crippen molar-refractivity contribution >= 4 is 11.3 Å². The molecule has 0 aliphatic rings. The van der Waals surface area contributed by atoms with E-state index in [1.165, 1.54) is 0 Å². The molecule has 0 unspecified atom stereocenters. The van der Waals surface area contributed by atoms with Crippen molar-refractivity contribution in [3.05, 3.63) is 39.8 Å². The number of thiazole rings is 1. The Labute approximate surface area is 129 Å². The summed E-state index contributed by atoms with van der Waals surface area (Å²) in [7, 11) is 1.61. The van der Waals surface area contributed by atoms with Gasteiger partial charge in [-0.2, -0.15) is 0 Å². The van der Waals surface area contributed by atoms with Crippen molar-refractivity contribution in [2.45, 2.75) is 39.4 Å². The van der Waals surface area contributed by atoms with Crippen LogP contribution < -0.4 is 9.47 Å². The lowest BCUT2D eigenvalue weighted by Crippen LogP contribution is -2.02. The van der Waals surface area contributed by atoms with Gasteiger partial charge < -0.3 is 14.6 Å². The smallest absolute Gasteiger partial charge is 0.131 e. The Morgan fingerprint density at radius 2 is 2.19 bits per heavy atom. The van der Waals surface area contributed by atoms with Crippen LogP contribution in [0.3, 0.4) is 0 Å². The van der Waals surface area contributed by atoms with Gasteiger partial charge in [0, 0.05) is 17.0 Å². The predicted octanol–water partition coefficient (Wildman–Crippen LogP) is 3.74. The van der Waals surface area contributed by atoms with Crippen LogP contribution in [0.15, 0.2) is 23.6 Å². The molecule has 0 saturated carbocycles. The van der Waals surface area contributed by atoms with Gasteiger partial charge in [0.25, 0.3) is 0 Å². The lowest BCUT2D eigenvalue weighted by molar-refractivity contribution is 0.189. The van der Waals surface area contributed by atoms with Gasteiger partial charge in [-0.25, -0.2) is 4.98 Å². The Bertz CT molecular complexity index is 581. The summed E-state index contributed by atoms with van der Waals surface area (Å²) in [6, 6.07) is 5.43. The van der Waals surface area contributed by atoms with Gasteiger partial charge in [-0.05, 0) is 31.9 Å². The lowest BCUT2D eigenvalue weighted by atomic mass is 10.1. The van der Waals surface area contributed by atoms with Crippen LogP contribution in [-0.2, 0) is 13.0 Å². The van der Waals surface area contributed by atoms with Crippen LogP contribution in [0.4, 0.5) is 0 Å². The molecule has 0 radical (unpaired) electrons. The van der Waals surface area contributed by atoms with Crippen LogP contribution in [0, 0.1) is 0 Å². The molecule has 4 nitrogen and oxygen atoms in total. The van der Waals surface area contributed by atoms with Gasteiger partial charge >= 0.3 is 0 Å². The second-order valence-electron chi connectivity index (χ2n) is 4.85. The van der Waals surface area contributed by atoms with Crippen molar-refractivity contribution in [3.63, 3.8) is 0 Å². The Balaban J connectivity index is 2.10. The quantitative estimate of drug-likeness (QED) is 0.846. The maximum Gasteiger partial charge on any atom is 0.131 e. The van der Waals surface area contributed by atoms with Crippen LogP contribution in [0.2, 0.25) is 0 Å². The predicted molar refractivity (Wildman–Crippen MR) is 84.1 cm³/mol. The average Bonchev–Trinajstić information content (AvgIpc) is 2.92. The molecule has 1 heterocycles. The van der Waals surface area contributed by atoms with E-state index in [1.54, 1.807) is 31.4 Å². The Hall–Kier alpha value is -1.59. The summed E-state index contributed by atoms with van der Waals surface area (Å²) in [6.45, 7) is 4.26. The van der Waals surface area contributed by atoms with E-state index < -0.39 is 6.10 Å². The van der Waals surface area contributed by atoms with E-state index in [9.17, 15) is 5.11 Å². The first-order valence-corrected chi connectivity index (χ1v) is 7.94. The molecule has 1 aromatic heterocycles. The first-order valence-electron chi connectivity index (χ1n) is 7.06. The van der Waals surface area contributed by atoms with Gasteiger partial charge in [0.05, 0.1) is 23.9 Å². The van der Waals surface area contributed by atoms with E-state index in [0.29, 0.717) is 18.1 Å². The van der Waals surface area contributed by atoms with Gasteiger partial charge in [-0.1, -0.05) is 6.92 Å². The highest BCUT2D eigenvalue weighted by atomic mass is 32.1. The van der Waals surface area contributed by atoms with Crippen molar-refractivity contribution < 1.29 is 14.6 Å². The minimum atomic E-state index is -0.586. The Kier molecular flexibility index (Phi) is 5.59. The van der Waals surface area contributed by atoms with Crippen molar-refractivity contribution in [1.82, 2.24) is 4.98 Å². The molecule has 1 atom stereocenters. The summed E-state index contributed by atoms with van der Waals surface area (Å²) in [5.74, 6) is 1.34. The molecule has 0 amide bonds. The van der Waals surface area contributed by atoms with Gasteiger partial charge in [0.2, 0.25) is 0 Å². The summed E-state index contributed by atoms with van der Waals surface area (Å²) in [5.41, 5.74) is 1.67. The number of methoxy groups -OCH3 is 1. The van der Waals surface area contributed by atoms with Gasteiger partial charge in [0.1, 0.15) is 18.1 Å². The number of aliphatic hydroxyl groups excluding tert-OH is 1. The highest BCUT2D eigenvalue weighted by Crippen LogP contribution is 2.30. The van der Waals surface area contributed by atoms with E-state index in [2.05, 4.69) is 11.9 Å². The van der Waals surface area contributed by atoms with Gasteiger partial charge in [-0.15, -0.1) is 11.3 Å². The molecule has 0 fully saturated rings. The second kappa shape index (κ2) is 7.43. The fourth-order valence-corrected chi connectivity index (χ4v) is 2.89. The van der Waals surface area contributed by atoms with Crippen molar-refractivity contribution in [2.75, 3.05) is 7.11 Å². The van der Waals surface area contributed by atoms with Gasteiger partial charge in [-0.3, -0.25) is 0 Å². The molecule has 0 spiro atoms. The monoisotopic (exact) mass is 307 g/mol. The third-order valence-corrected chi connectivity index (χ3v) is 4.07. The molecular weight excluding hydrogens is 286 g/mol. The van der Waals surface area contributed by atoms with Crippen LogP contribution in [-0.4, -0.2) is 17.2 Å². The summed E-state index contributed by atoms with van der Waals surface area (Å²) >= 11 is 1.66. The number of rotatable bonds is 7. The molecule has 0 saturated heterocycles. The Morgan fingerprint density at radius 1 is 1.38 bits per heavy atom. The van der Waals surface area contributed by atoms with E-state index in [1.807, 2.05) is 17.5 Å². The topological polar surface area (TPSA) is 51.6 Å². The zero-order chi connectivity index (χ0) is 15.2. The number of aryl methyl sites for hydroxylation is 1. The number of benzene rings is 1. The highest BCUT2D eigenvalue weighted by molar-refractivity contribution is 7.09. The van der Waals surface area contributed by atoms with E-state index in [0.717, 1.165) is 29.1 Å². The molecule has 1 aromatic carbocycles. The van der Waals surface area contributed by atoms with Crippen LogP contribution in [0.5, 0.6) is 11.5 Å². The van der Waals surface area contributed by atoms with E-state index in [-0.39, 0.29) is 0 Å². The molecule has 21 heavy (non-hydrogen) atoms. The normalized spacial score (nSPS) is 12.2. The first-order chi connectivity index (χ1) is 10.1. The lowest BCUT2D eigenvalue weighted by Gasteiger charge is -2.14. The number of hydrogen-bond acceptors (Lipinski definition) is 5. The SMILES string of the molecule is CCCc1nc(COc2cc(OC)ccc2[C@H](C)O)cs1. The first kappa shape index (κ1) is 15.8. The van der Waals surface area contributed by atoms with Crippen molar-refractivity contribution in [1.29, 1.82) is 0 Å². The second-order valence-corrected chi connectivity index (χ2v) is 5.79. The summed E-state index contributed by atoms with van der Waals surface area (Å²) in [5, 5.41) is 13.0. The molecule has 2 aromatic rings. The van der Waals surface area contributed by atoms with Crippen LogP contribution >= 0.6 is 11.3 Å². The summed E-state index contributed by atoms with van der Waals surface area (Å²) in [4.78, 5) is 4.53. The third-order valence-electron chi connectivity index (χ3n) is 3.11. The zero-order valence-electron chi connectivity index (χ0n) is 12.6. The zero-order valence-corrected chi connectivity index (χ0v) is 13.4. The fraction of sp³-hybridized carbons (Fsp3) is 0.438. The number of aliphatic hydroxyl groups is 1. The molecule has 2 rings (SSSR count). The minimum absolute atomic E-state index is 0.396. The molecule has 5 heteroatoms. The van der Waals surface area contributed by atoms with Crippen LogP contribution in [0.25, 0.3) is 0 Å². The van der Waals surface area contributed by atoms with Crippen LogP contribution in [0.1, 0.15) is 42.6 Å². The molecule has 0 bridgehead atoms. The van der Waals surface area contributed by atoms with E-state index in [4.69, 9.17) is 9.47 Å². The molecule has 1 N–H and O–H groups in total. The number of hydrogen-bond donors (Lipinski definition) is 1. The molecule has 0 aliphatic heterocycles. The maximum absolute atomic E-state index is 9.81. The highest BCUT2D eigenvalue weighted by Gasteiger charge is 2.11. The maximum atomic E-state index is 9.81. The van der Waals surface area contributed by atoms with Gasteiger partial charge in [0.15, 0.2) is 0 Å². The number of aromatic nitrogens is 1.